The van der Waals surface area contributed by atoms with Crippen LogP contribution in [-0.2, 0) is 12.4 Å². The zero-order chi connectivity index (χ0) is 27.7. The van der Waals surface area contributed by atoms with E-state index in [-0.39, 0.29) is 17.3 Å². The molecule has 0 aromatic heterocycles. The summed E-state index contributed by atoms with van der Waals surface area (Å²) in [6.07, 6.45) is -10.2. The highest BCUT2D eigenvalue weighted by atomic mass is 19.4. The van der Waals surface area contributed by atoms with Crippen LogP contribution in [-0.4, -0.2) is 11.8 Å². The van der Waals surface area contributed by atoms with Crippen LogP contribution in [0.4, 0.5) is 32.0 Å². The Kier molecular flexibility index (Phi) is 7.17. The number of rotatable bonds is 5. The van der Waals surface area contributed by atoms with E-state index in [1.807, 2.05) is 42.5 Å². The van der Waals surface area contributed by atoms with E-state index in [2.05, 4.69) is 10.6 Å². The quantitative estimate of drug-likeness (QED) is 0.261. The number of hydrogen-bond acceptors (Lipinski definition) is 2. The number of nitrogens with one attached hydrogen (secondary N) is 2. The Hall–Kier alpha value is -4.34. The van der Waals surface area contributed by atoms with Crippen LogP contribution < -0.4 is 10.6 Å². The Labute approximate surface area is 213 Å². The standard InChI is InChI=1S/C28H20F6N2O2/c1-16(23-11-5-7-17-6-2-3-10-24(17)23)35-25(37)18-8-4-9-22(14-18)36-26(38)19-12-20(27(29,30)31)15-21(13-19)28(32,33)34/h2-16H,1H3,(H,35,37)(H,36,38)/t16-/m0/s1. The molecule has 196 valence electrons. The Balaban J connectivity index is 1.54. The van der Waals surface area contributed by atoms with E-state index in [0.717, 1.165) is 16.3 Å². The van der Waals surface area contributed by atoms with Gasteiger partial charge in [-0.2, -0.15) is 26.3 Å². The van der Waals surface area contributed by atoms with Gasteiger partial charge in [-0.05, 0) is 59.7 Å². The van der Waals surface area contributed by atoms with Gasteiger partial charge in [0.25, 0.3) is 11.8 Å². The molecule has 2 N–H and O–H groups in total. The molecular formula is C28H20F6N2O2. The Morgan fingerprint density at radius 1 is 0.684 bits per heavy atom. The maximum Gasteiger partial charge on any atom is 0.416 e. The van der Waals surface area contributed by atoms with E-state index in [4.69, 9.17) is 0 Å². The van der Waals surface area contributed by atoms with Crippen molar-refractivity contribution in [3.8, 4) is 0 Å². The first-order valence-electron chi connectivity index (χ1n) is 11.3. The minimum Gasteiger partial charge on any atom is -0.345 e. The van der Waals surface area contributed by atoms with Crippen molar-refractivity contribution in [2.24, 2.45) is 0 Å². The molecule has 1 atom stereocenters. The number of carbonyl (C=O) groups is 2. The largest absolute Gasteiger partial charge is 0.416 e. The summed E-state index contributed by atoms with van der Waals surface area (Å²) >= 11 is 0. The molecule has 4 aromatic carbocycles. The summed E-state index contributed by atoms with van der Waals surface area (Å²) in [6, 6.07) is 19.1. The number of amides is 2. The van der Waals surface area contributed by atoms with Crippen molar-refractivity contribution in [2.75, 3.05) is 5.32 Å². The topological polar surface area (TPSA) is 58.2 Å². The fourth-order valence-electron chi connectivity index (χ4n) is 4.01. The third-order valence-electron chi connectivity index (χ3n) is 5.87. The lowest BCUT2D eigenvalue weighted by molar-refractivity contribution is -0.143. The molecule has 0 heterocycles. The second kappa shape index (κ2) is 10.2. The van der Waals surface area contributed by atoms with Crippen LogP contribution in [0.25, 0.3) is 10.8 Å². The summed E-state index contributed by atoms with van der Waals surface area (Å²) in [7, 11) is 0. The van der Waals surface area contributed by atoms with Crippen LogP contribution in [0.2, 0.25) is 0 Å². The van der Waals surface area contributed by atoms with Crippen LogP contribution in [0, 0.1) is 0 Å². The van der Waals surface area contributed by atoms with Crippen molar-refractivity contribution in [2.45, 2.75) is 25.3 Å². The van der Waals surface area contributed by atoms with Crippen molar-refractivity contribution < 1.29 is 35.9 Å². The van der Waals surface area contributed by atoms with Gasteiger partial charge in [0.15, 0.2) is 0 Å². The van der Waals surface area contributed by atoms with Gasteiger partial charge in [0.1, 0.15) is 0 Å². The molecule has 4 rings (SSSR count). The van der Waals surface area contributed by atoms with Crippen molar-refractivity contribution >= 4 is 28.3 Å². The molecule has 0 unspecified atom stereocenters. The molecular weight excluding hydrogens is 510 g/mol. The third-order valence-corrected chi connectivity index (χ3v) is 5.87. The summed E-state index contributed by atoms with van der Waals surface area (Å²) in [5.41, 5.74) is -3.00. The maximum absolute atomic E-state index is 13.1. The third kappa shape index (κ3) is 5.96. The normalized spacial score (nSPS) is 12.7. The average Bonchev–Trinajstić information content (AvgIpc) is 2.87. The van der Waals surface area contributed by atoms with E-state index in [0.29, 0.717) is 12.1 Å². The highest BCUT2D eigenvalue weighted by Crippen LogP contribution is 2.36. The van der Waals surface area contributed by atoms with Gasteiger partial charge in [0.2, 0.25) is 0 Å². The molecule has 0 spiro atoms. The molecule has 4 aromatic rings. The maximum atomic E-state index is 13.1. The first-order valence-corrected chi connectivity index (χ1v) is 11.3. The number of hydrogen-bond donors (Lipinski definition) is 2. The molecule has 0 aliphatic carbocycles. The minimum absolute atomic E-state index is 0.0198. The van der Waals surface area contributed by atoms with Crippen LogP contribution in [0.1, 0.15) is 50.4 Å². The number of alkyl halides is 6. The molecule has 0 aliphatic heterocycles. The van der Waals surface area contributed by atoms with Gasteiger partial charge in [-0.1, -0.05) is 48.5 Å². The Morgan fingerprint density at radius 3 is 1.95 bits per heavy atom. The molecule has 2 amide bonds. The van der Waals surface area contributed by atoms with E-state index in [9.17, 15) is 35.9 Å². The van der Waals surface area contributed by atoms with Crippen molar-refractivity contribution in [1.29, 1.82) is 0 Å². The molecule has 4 nitrogen and oxygen atoms in total. The van der Waals surface area contributed by atoms with Gasteiger partial charge in [-0.3, -0.25) is 9.59 Å². The van der Waals surface area contributed by atoms with Crippen LogP contribution in [0.3, 0.4) is 0 Å². The summed E-state index contributed by atoms with van der Waals surface area (Å²) in [5.74, 6) is -1.68. The van der Waals surface area contributed by atoms with Crippen molar-refractivity contribution in [3.63, 3.8) is 0 Å². The average molecular weight is 530 g/mol. The summed E-state index contributed by atoms with van der Waals surface area (Å²) in [6.45, 7) is 1.80. The number of carbonyl (C=O) groups excluding carboxylic acids is 2. The second-order valence-corrected chi connectivity index (χ2v) is 8.59. The molecule has 0 aliphatic rings. The van der Waals surface area contributed by atoms with Gasteiger partial charge in [0.05, 0.1) is 17.2 Å². The Bertz CT molecular complexity index is 1470. The predicted octanol–water partition coefficient (Wildman–Crippen LogP) is 7.62. The van der Waals surface area contributed by atoms with Gasteiger partial charge in [0, 0.05) is 16.8 Å². The zero-order valence-electron chi connectivity index (χ0n) is 19.7. The van der Waals surface area contributed by atoms with E-state index in [1.165, 1.54) is 24.3 Å². The molecule has 0 fully saturated rings. The van der Waals surface area contributed by atoms with E-state index < -0.39 is 46.9 Å². The molecule has 0 radical (unpaired) electrons. The molecule has 10 heteroatoms. The summed E-state index contributed by atoms with van der Waals surface area (Å²) in [5, 5.41) is 7.09. The van der Waals surface area contributed by atoms with Gasteiger partial charge >= 0.3 is 12.4 Å². The smallest absolute Gasteiger partial charge is 0.345 e. The summed E-state index contributed by atoms with van der Waals surface area (Å²) in [4.78, 5) is 25.5. The van der Waals surface area contributed by atoms with Gasteiger partial charge in [-0.25, -0.2) is 0 Å². The Morgan fingerprint density at radius 2 is 1.29 bits per heavy atom. The lowest BCUT2D eigenvalue weighted by atomic mass is 9.99. The zero-order valence-corrected chi connectivity index (χ0v) is 19.7. The second-order valence-electron chi connectivity index (χ2n) is 8.59. The van der Waals surface area contributed by atoms with Crippen LogP contribution >= 0.6 is 0 Å². The van der Waals surface area contributed by atoms with E-state index in [1.54, 1.807) is 6.92 Å². The van der Waals surface area contributed by atoms with Gasteiger partial charge in [-0.15, -0.1) is 0 Å². The monoisotopic (exact) mass is 530 g/mol. The van der Waals surface area contributed by atoms with Gasteiger partial charge < -0.3 is 10.6 Å². The summed E-state index contributed by atoms with van der Waals surface area (Å²) < 4.78 is 78.8. The number of anilines is 1. The number of fused-ring (bicyclic) bond motifs is 1. The van der Waals surface area contributed by atoms with Crippen LogP contribution in [0.15, 0.2) is 84.9 Å². The lowest BCUT2D eigenvalue weighted by Gasteiger charge is -2.17. The number of benzene rings is 4. The minimum atomic E-state index is -5.09. The fourth-order valence-corrected chi connectivity index (χ4v) is 4.01. The lowest BCUT2D eigenvalue weighted by Crippen LogP contribution is -2.27. The van der Waals surface area contributed by atoms with Crippen molar-refractivity contribution in [1.82, 2.24) is 5.32 Å². The molecule has 38 heavy (non-hydrogen) atoms. The molecule has 0 saturated carbocycles. The van der Waals surface area contributed by atoms with E-state index >= 15 is 0 Å². The molecule has 0 saturated heterocycles. The first kappa shape index (κ1) is 26.7. The molecule has 0 bridgehead atoms. The highest BCUT2D eigenvalue weighted by Gasteiger charge is 2.37. The highest BCUT2D eigenvalue weighted by molar-refractivity contribution is 6.05. The SMILES string of the molecule is C[C@H](NC(=O)c1cccc(NC(=O)c2cc(C(F)(F)F)cc(C(F)(F)F)c2)c1)c1cccc2ccccc12. The number of halogens is 6. The predicted molar refractivity (Wildman–Crippen MR) is 131 cm³/mol. The fraction of sp³-hybridized carbons (Fsp3) is 0.143. The van der Waals surface area contributed by atoms with Crippen LogP contribution in [0.5, 0.6) is 0 Å². The first-order chi connectivity index (χ1) is 17.8. The van der Waals surface area contributed by atoms with Crippen molar-refractivity contribution in [3.05, 3.63) is 113 Å².